The number of ether oxygens (including phenoxy) is 2. The van der Waals surface area contributed by atoms with Gasteiger partial charge in [-0.1, -0.05) is 12.1 Å². The van der Waals surface area contributed by atoms with Gasteiger partial charge in [-0.3, -0.25) is 4.79 Å². The molecule has 124 valence electrons. The minimum Gasteiger partial charge on any atom is -0.493 e. The van der Waals surface area contributed by atoms with Crippen LogP contribution in [0, 0.1) is 0 Å². The molecule has 0 saturated carbocycles. The van der Waals surface area contributed by atoms with Gasteiger partial charge in [0.25, 0.3) is 5.91 Å². The van der Waals surface area contributed by atoms with Crippen LogP contribution < -0.4 is 14.8 Å². The van der Waals surface area contributed by atoms with Crippen LogP contribution in [0.2, 0.25) is 0 Å². The number of carbonyl (C=O) groups excluding carboxylic acids is 1. The summed E-state index contributed by atoms with van der Waals surface area (Å²) in [6, 6.07) is 12.6. The van der Waals surface area contributed by atoms with Gasteiger partial charge < -0.3 is 19.2 Å². The fourth-order valence-corrected chi connectivity index (χ4v) is 2.81. The average Bonchev–Trinajstić information content (AvgIpc) is 3.02. The van der Waals surface area contributed by atoms with Gasteiger partial charge in [-0.05, 0) is 47.1 Å². The van der Waals surface area contributed by atoms with E-state index in [1.54, 1.807) is 31.4 Å². The molecule has 1 heterocycles. The Balaban J connectivity index is 1.84. The maximum absolute atomic E-state index is 12.4. The highest BCUT2D eigenvalue weighted by Gasteiger charge is 2.15. The van der Waals surface area contributed by atoms with Crippen molar-refractivity contribution >= 4 is 38.5 Å². The maximum atomic E-state index is 12.4. The van der Waals surface area contributed by atoms with Crippen molar-refractivity contribution in [3.63, 3.8) is 0 Å². The largest absolute Gasteiger partial charge is 0.493 e. The summed E-state index contributed by atoms with van der Waals surface area (Å²) in [5.74, 6) is 1.10. The Bertz CT molecular complexity index is 888. The fourth-order valence-electron chi connectivity index (χ4n) is 2.35. The van der Waals surface area contributed by atoms with E-state index >= 15 is 0 Å². The number of benzene rings is 2. The van der Waals surface area contributed by atoms with Crippen LogP contribution in [0.25, 0.3) is 11.0 Å². The highest BCUT2D eigenvalue weighted by molar-refractivity contribution is 9.10. The zero-order chi connectivity index (χ0) is 17.1. The molecule has 3 rings (SSSR count). The van der Waals surface area contributed by atoms with Crippen LogP contribution in [0.3, 0.4) is 0 Å². The highest BCUT2D eigenvalue weighted by Crippen LogP contribution is 2.31. The van der Waals surface area contributed by atoms with E-state index in [0.717, 1.165) is 9.86 Å². The van der Waals surface area contributed by atoms with Gasteiger partial charge in [0.05, 0.1) is 18.2 Å². The zero-order valence-corrected chi connectivity index (χ0v) is 14.8. The maximum Gasteiger partial charge on any atom is 0.291 e. The van der Waals surface area contributed by atoms with Crippen LogP contribution in [-0.4, -0.2) is 19.6 Å². The van der Waals surface area contributed by atoms with Gasteiger partial charge in [0.1, 0.15) is 5.58 Å². The molecular formula is C18H16BrNO4. The van der Waals surface area contributed by atoms with E-state index in [-0.39, 0.29) is 11.7 Å². The first kappa shape index (κ1) is 16.4. The smallest absolute Gasteiger partial charge is 0.291 e. The Hall–Kier alpha value is -2.47. The number of hydrogen-bond donors (Lipinski definition) is 1. The van der Waals surface area contributed by atoms with Crippen LogP contribution in [-0.2, 0) is 0 Å². The second-order valence-corrected chi connectivity index (χ2v) is 5.88. The third kappa shape index (κ3) is 3.23. The van der Waals surface area contributed by atoms with Crippen LogP contribution in [0.5, 0.6) is 11.5 Å². The molecule has 0 unspecified atom stereocenters. The minimum absolute atomic E-state index is 0.241. The number of para-hydroxylation sites is 1. The molecule has 0 aliphatic heterocycles. The first-order valence-electron chi connectivity index (χ1n) is 7.42. The van der Waals surface area contributed by atoms with Crippen molar-refractivity contribution < 1.29 is 18.7 Å². The Kier molecular flexibility index (Phi) is 4.76. The molecule has 0 radical (unpaired) electrons. The van der Waals surface area contributed by atoms with Crippen LogP contribution in [0.4, 0.5) is 5.69 Å². The lowest BCUT2D eigenvalue weighted by molar-refractivity contribution is 0.0998. The third-order valence-corrected chi connectivity index (χ3v) is 4.07. The van der Waals surface area contributed by atoms with E-state index in [1.807, 2.05) is 25.1 Å². The van der Waals surface area contributed by atoms with E-state index in [4.69, 9.17) is 13.9 Å². The van der Waals surface area contributed by atoms with E-state index in [0.29, 0.717) is 29.4 Å². The molecule has 1 amide bonds. The lowest BCUT2D eigenvalue weighted by Gasteiger charge is -2.11. The van der Waals surface area contributed by atoms with Gasteiger partial charge in [-0.15, -0.1) is 0 Å². The molecule has 6 heteroatoms. The number of methoxy groups -OCH3 is 1. The molecule has 0 bridgehead atoms. The number of nitrogens with one attached hydrogen (secondary N) is 1. The van der Waals surface area contributed by atoms with Crippen molar-refractivity contribution in [3.05, 3.63) is 52.7 Å². The Morgan fingerprint density at radius 3 is 2.75 bits per heavy atom. The second kappa shape index (κ2) is 6.97. The summed E-state index contributed by atoms with van der Waals surface area (Å²) in [5.41, 5.74) is 1.24. The summed E-state index contributed by atoms with van der Waals surface area (Å²) < 4.78 is 17.2. The number of hydrogen-bond acceptors (Lipinski definition) is 4. The standard InChI is InChI=1S/C18H16BrNO4/c1-3-23-14-8-7-12(10-15(14)22-2)20-18(21)16-9-11-5-4-6-13(19)17(11)24-16/h4-10H,3H2,1-2H3,(H,20,21). The Labute approximate surface area is 147 Å². The normalized spacial score (nSPS) is 10.6. The van der Waals surface area contributed by atoms with Gasteiger partial charge in [-0.2, -0.15) is 0 Å². The Morgan fingerprint density at radius 2 is 2.04 bits per heavy atom. The molecule has 5 nitrogen and oxygen atoms in total. The van der Waals surface area contributed by atoms with Crippen molar-refractivity contribution in [1.29, 1.82) is 0 Å². The summed E-state index contributed by atoms with van der Waals surface area (Å²) in [4.78, 5) is 12.4. The number of halogens is 1. The molecule has 0 atom stereocenters. The average molecular weight is 390 g/mol. The van der Waals surface area contributed by atoms with Crippen molar-refractivity contribution in [3.8, 4) is 11.5 Å². The first-order valence-corrected chi connectivity index (χ1v) is 8.22. The topological polar surface area (TPSA) is 60.7 Å². The van der Waals surface area contributed by atoms with E-state index in [2.05, 4.69) is 21.2 Å². The minimum atomic E-state index is -0.329. The molecule has 0 spiro atoms. The van der Waals surface area contributed by atoms with Crippen molar-refractivity contribution in [2.24, 2.45) is 0 Å². The summed E-state index contributed by atoms with van der Waals surface area (Å²) >= 11 is 3.41. The number of furan rings is 1. The predicted octanol–water partition coefficient (Wildman–Crippen LogP) is 4.85. The summed E-state index contributed by atoms with van der Waals surface area (Å²) in [6.07, 6.45) is 0. The second-order valence-electron chi connectivity index (χ2n) is 5.02. The van der Waals surface area contributed by atoms with Crippen molar-refractivity contribution in [1.82, 2.24) is 0 Å². The number of carbonyl (C=O) groups is 1. The summed E-state index contributed by atoms with van der Waals surface area (Å²) in [6.45, 7) is 2.44. The number of anilines is 1. The number of fused-ring (bicyclic) bond motifs is 1. The molecule has 0 saturated heterocycles. The monoisotopic (exact) mass is 389 g/mol. The fraction of sp³-hybridized carbons (Fsp3) is 0.167. The van der Waals surface area contributed by atoms with Gasteiger partial charge in [-0.25, -0.2) is 0 Å². The quantitative estimate of drug-likeness (QED) is 0.676. The molecule has 24 heavy (non-hydrogen) atoms. The third-order valence-electron chi connectivity index (χ3n) is 3.44. The summed E-state index contributed by atoms with van der Waals surface area (Å²) in [7, 11) is 1.56. The molecule has 1 aromatic heterocycles. The highest BCUT2D eigenvalue weighted by atomic mass is 79.9. The van der Waals surface area contributed by atoms with Crippen LogP contribution in [0.1, 0.15) is 17.5 Å². The molecule has 0 fully saturated rings. The van der Waals surface area contributed by atoms with Crippen LogP contribution in [0.15, 0.2) is 51.4 Å². The van der Waals surface area contributed by atoms with Crippen LogP contribution >= 0.6 is 15.9 Å². The zero-order valence-electron chi connectivity index (χ0n) is 13.3. The van der Waals surface area contributed by atoms with Gasteiger partial charge in [0, 0.05) is 17.1 Å². The summed E-state index contributed by atoms with van der Waals surface area (Å²) in [5, 5.41) is 3.66. The molecule has 0 aliphatic rings. The van der Waals surface area contributed by atoms with Crippen molar-refractivity contribution in [2.45, 2.75) is 6.92 Å². The predicted molar refractivity (Wildman–Crippen MR) is 96.0 cm³/mol. The van der Waals surface area contributed by atoms with E-state index < -0.39 is 0 Å². The van der Waals surface area contributed by atoms with E-state index in [9.17, 15) is 4.79 Å². The Morgan fingerprint density at radius 1 is 1.21 bits per heavy atom. The van der Waals surface area contributed by atoms with Gasteiger partial charge in [0.15, 0.2) is 17.3 Å². The SMILES string of the molecule is CCOc1ccc(NC(=O)c2cc3cccc(Br)c3o2)cc1OC. The number of rotatable bonds is 5. The molecule has 2 aromatic carbocycles. The lowest BCUT2D eigenvalue weighted by atomic mass is 10.2. The molecule has 0 aliphatic carbocycles. The molecular weight excluding hydrogens is 374 g/mol. The van der Waals surface area contributed by atoms with Gasteiger partial charge in [0.2, 0.25) is 0 Å². The van der Waals surface area contributed by atoms with Gasteiger partial charge >= 0.3 is 0 Å². The first-order chi connectivity index (χ1) is 11.6. The number of amides is 1. The van der Waals surface area contributed by atoms with Crippen molar-refractivity contribution in [2.75, 3.05) is 19.0 Å². The lowest BCUT2D eigenvalue weighted by Crippen LogP contribution is -2.11. The molecule has 3 aromatic rings. The molecule has 1 N–H and O–H groups in total. The van der Waals surface area contributed by atoms with E-state index in [1.165, 1.54) is 0 Å².